The molecule has 0 saturated heterocycles. The third kappa shape index (κ3) is 4.57. The predicted octanol–water partition coefficient (Wildman–Crippen LogP) is 4.18. The number of carbonyl (C=O) groups excluding carboxylic acids is 2. The molecular formula is C18H19ClN2O2. The number of nitrogens with one attached hydrogen (secondary N) is 2. The number of amides is 2. The maximum Gasteiger partial charge on any atom is 0.233 e. The van der Waals surface area contributed by atoms with E-state index in [1.807, 2.05) is 32.0 Å². The van der Waals surface area contributed by atoms with Gasteiger partial charge in [-0.05, 0) is 36.6 Å². The van der Waals surface area contributed by atoms with Crippen LogP contribution in [0.5, 0.6) is 0 Å². The molecule has 2 rings (SSSR count). The second-order valence-electron chi connectivity index (χ2n) is 5.22. The molecule has 0 spiro atoms. The Balaban J connectivity index is 2.00. The zero-order valence-electron chi connectivity index (χ0n) is 13.2. The molecule has 0 aliphatic rings. The molecule has 0 radical (unpaired) electrons. The molecule has 4 nitrogen and oxygen atoms in total. The molecule has 0 aliphatic heterocycles. The third-order valence-electron chi connectivity index (χ3n) is 3.47. The summed E-state index contributed by atoms with van der Waals surface area (Å²) in [5, 5.41) is 5.91. The molecule has 0 aromatic heterocycles. The van der Waals surface area contributed by atoms with E-state index in [1.54, 1.807) is 24.3 Å². The van der Waals surface area contributed by atoms with Crippen LogP contribution in [0.15, 0.2) is 42.5 Å². The Hall–Kier alpha value is -2.33. The molecule has 0 fully saturated rings. The maximum atomic E-state index is 12.1. The van der Waals surface area contributed by atoms with Gasteiger partial charge < -0.3 is 10.6 Å². The smallest absolute Gasteiger partial charge is 0.233 e. The Labute approximate surface area is 140 Å². The van der Waals surface area contributed by atoms with E-state index in [0.29, 0.717) is 10.7 Å². The van der Waals surface area contributed by atoms with Crippen molar-refractivity contribution >= 4 is 34.8 Å². The van der Waals surface area contributed by atoms with E-state index in [0.717, 1.165) is 23.2 Å². The average Bonchev–Trinajstić information content (AvgIpc) is 2.51. The molecule has 2 aromatic rings. The van der Waals surface area contributed by atoms with Gasteiger partial charge in [-0.1, -0.05) is 48.9 Å². The van der Waals surface area contributed by atoms with Crippen molar-refractivity contribution in [2.24, 2.45) is 0 Å². The fourth-order valence-corrected chi connectivity index (χ4v) is 2.47. The Morgan fingerprint density at radius 3 is 2.39 bits per heavy atom. The highest BCUT2D eigenvalue weighted by Crippen LogP contribution is 2.22. The first-order valence-electron chi connectivity index (χ1n) is 7.44. The first kappa shape index (κ1) is 17.0. The molecule has 0 aliphatic carbocycles. The predicted molar refractivity (Wildman–Crippen MR) is 93.9 cm³/mol. The van der Waals surface area contributed by atoms with Crippen molar-refractivity contribution in [3.8, 4) is 0 Å². The molecule has 5 heteroatoms. The molecule has 0 saturated carbocycles. The third-order valence-corrected chi connectivity index (χ3v) is 3.80. The monoisotopic (exact) mass is 330 g/mol. The van der Waals surface area contributed by atoms with Gasteiger partial charge in [-0.3, -0.25) is 9.59 Å². The van der Waals surface area contributed by atoms with E-state index in [4.69, 9.17) is 11.6 Å². The highest BCUT2D eigenvalue weighted by molar-refractivity contribution is 6.33. The lowest BCUT2D eigenvalue weighted by Crippen LogP contribution is -2.22. The summed E-state index contributed by atoms with van der Waals surface area (Å²) in [5.41, 5.74) is 3.30. The first-order valence-corrected chi connectivity index (χ1v) is 7.81. The van der Waals surface area contributed by atoms with E-state index < -0.39 is 5.91 Å². The minimum Gasteiger partial charge on any atom is -0.325 e. The summed E-state index contributed by atoms with van der Waals surface area (Å²) in [4.78, 5) is 24.1. The van der Waals surface area contributed by atoms with Crippen molar-refractivity contribution in [1.82, 2.24) is 0 Å². The lowest BCUT2D eigenvalue weighted by Gasteiger charge is -2.13. The number of rotatable bonds is 5. The van der Waals surface area contributed by atoms with Gasteiger partial charge in [0, 0.05) is 5.69 Å². The van der Waals surface area contributed by atoms with Crippen molar-refractivity contribution in [3.05, 3.63) is 58.6 Å². The van der Waals surface area contributed by atoms with Crippen molar-refractivity contribution in [1.29, 1.82) is 0 Å². The van der Waals surface area contributed by atoms with Crippen LogP contribution in [0, 0.1) is 6.92 Å². The Morgan fingerprint density at radius 2 is 1.70 bits per heavy atom. The first-order chi connectivity index (χ1) is 11.0. The fraction of sp³-hybridized carbons (Fsp3) is 0.222. The van der Waals surface area contributed by atoms with Gasteiger partial charge in [-0.2, -0.15) is 0 Å². The average molecular weight is 331 g/mol. The largest absolute Gasteiger partial charge is 0.325 e. The Morgan fingerprint density at radius 1 is 1.00 bits per heavy atom. The van der Waals surface area contributed by atoms with Crippen LogP contribution in [0.1, 0.15) is 24.5 Å². The lowest BCUT2D eigenvalue weighted by molar-refractivity contribution is -0.123. The molecule has 23 heavy (non-hydrogen) atoms. The van der Waals surface area contributed by atoms with E-state index in [2.05, 4.69) is 10.6 Å². The SMILES string of the molecule is CCc1cccc(C)c1NC(=O)CC(=O)Nc1ccccc1Cl. The van der Waals surface area contributed by atoms with Crippen molar-refractivity contribution < 1.29 is 9.59 Å². The summed E-state index contributed by atoms with van der Waals surface area (Å²) in [6.45, 7) is 3.95. The van der Waals surface area contributed by atoms with Crippen LogP contribution in [0.3, 0.4) is 0 Å². The van der Waals surface area contributed by atoms with Crippen molar-refractivity contribution in [2.75, 3.05) is 10.6 Å². The fourth-order valence-electron chi connectivity index (χ4n) is 2.29. The Bertz CT molecular complexity index is 729. The zero-order valence-corrected chi connectivity index (χ0v) is 13.9. The van der Waals surface area contributed by atoms with Gasteiger partial charge in [0.25, 0.3) is 0 Å². The number of hydrogen-bond acceptors (Lipinski definition) is 2. The van der Waals surface area contributed by atoms with Crippen molar-refractivity contribution in [3.63, 3.8) is 0 Å². The van der Waals surface area contributed by atoms with Gasteiger partial charge in [-0.25, -0.2) is 0 Å². The number of carbonyl (C=O) groups is 2. The molecule has 0 atom stereocenters. The molecule has 2 amide bonds. The minimum atomic E-state index is -0.401. The molecule has 0 bridgehead atoms. The topological polar surface area (TPSA) is 58.2 Å². The molecule has 2 N–H and O–H groups in total. The normalized spacial score (nSPS) is 10.2. The van der Waals surface area contributed by atoms with E-state index in [-0.39, 0.29) is 12.3 Å². The van der Waals surface area contributed by atoms with Crippen LogP contribution in [-0.4, -0.2) is 11.8 Å². The summed E-state index contributed by atoms with van der Waals surface area (Å²) in [5.74, 6) is -0.749. The van der Waals surface area contributed by atoms with Gasteiger partial charge in [0.15, 0.2) is 0 Å². The van der Waals surface area contributed by atoms with Gasteiger partial charge >= 0.3 is 0 Å². The second kappa shape index (κ2) is 7.79. The van der Waals surface area contributed by atoms with Gasteiger partial charge in [0.2, 0.25) is 11.8 Å². The second-order valence-corrected chi connectivity index (χ2v) is 5.62. The highest BCUT2D eigenvalue weighted by atomic mass is 35.5. The zero-order chi connectivity index (χ0) is 16.8. The van der Waals surface area contributed by atoms with Crippen molar-refractivity contribution in [2.45, 2.75) is 26.7 Å². The number of para-hydroxylation sites is 2. The molecule has 2 aromatic carbocycles. The van der Waals surface area contributed by atoms with Crippen LogP contribution < -0.4 is 10.6 Å². The number of hydrogen-bond donors (Lipinski definition) is 2. The van der Waals surface area contributed by atoms with Gasteiger partial charge in [0.05, 0.1) is 10.7 Å². The Kier molecular flexibility index (Phi) is 5.77. The number of halogens is 1. The summed E-state index contributed by atoms with van der Waals surface area (Å²) >= 11 is 5.98. The van der Waals surface area contributed by atoms with Crippen LogP contribution in [0.2, 0.25) is 5.02 Å². The highest BCUT2D eigenvalue weighted by Gasteiger charge is 2.13. The van der Waals surface area contributed by atoms with E-state index in [9.17, 15) is 9.59 Å². The van der Waals surface area contributed by atoms with Crippen LogP contribution in [0.4, 0.5) is 11.4 Å². The molecule has 120 valence electrons. The molecule has 0 heterocycles. The summed E-state index contributed by atoms with van der Waals surface area (Å²) in [6.07, 6.45) is 0.547. The van der Waals surface area contributed by atoms with Gasteiger partial charge in [0.1, 0.15) is 6.42 Å². The number of benzene rings is 2. The number of anilines is 2. The minimum absolute atomic E-state index is 0.261. The van der Waals surface area contributed by atoms with E-state index in [1.165, 1.54) is 0 Å². The lowest BCUT2D eigenvalue weighted by atomic mass is 10.1. The standard InChI is InChI=1S/C18H19ClN2O2/c1-3-13-8-6-7-12(2)18(13)21-17(23)11-16(22)20-15-10-5-4-9-14(15)19/h4-10H,3,11H2,1-2H3,(H,20,22)(H,21,23). The molecule has 0 unspecified atom stereocenters. The van der Waals surface area contributed by atoms with Crippen LogP contribution >= 0.6 is 11.6 Å². The van der Waals surface area contributed by atoms with E-state index >= 15 is 0 Å². The quantitative estimate of drug-likeness (QED) is 0.808. The molecular weight excluding hydrogens is 312 g/mol. The van der Waals surface area contributed by atoms with Gasteiger partial charge in [-0.15, -0.1) is 0 Å². The maximum absolute atomic E-state index is 12.1. The number of aryl methyl sites for hydroxylation is 2. The summed E-state index contributed by atoms with van der Waals surface area (Å²) in [6, 6.07) is 12.8. The summed E-state index contributed by atoms with van der Waals surface area (Å²) < 4.78 is 0. The van der Waals surface area contributed by atoms with Crippen LogP contribution in [-0.2, 0) is 16.0 Å². The van der Waals surface area contributed by atoms with Crippen LogP contribution in [0.25, 0.3) is 0 Å². The summed E-state index contributed by atoms with van der Waals surface area (Å²) in [7, 11) is 0.